The van der Waals surface area contributed by atoms with Gasteiger partial charge in [0.1, 0.15) is 17.7 Å². The van der Waals surface area contributed by atoms with Crippen molar-refractivity contribution in [3.05, 3.63) is 34.9 Å². The van der Waals surface area contributed by atoms with E-state index < -0.39 is 29.9 Å². The minimum Gasteiger partial charge on any atom is -0.394 e. The van der Waals surface area contributed by atoms with Crippen LogP contribution in [-0.4, -0.2) is 29.0 Å². The van der Waals surface area contributed by atoms with Gasteiger partial charge < -0.3 is 14.9 Å². The maximum atomic E-state index is 13.6. The lowest BCUT2D eigenvalue weighted by Gasteiger charge is -2.14. The quantitative estimate of drug-likeness (QED) is 0.828. The average molecular weight is 244 g/mol. The van der Waals surface area contributed by atoms with Gasteiger partial charge in [-0.25, -0.2) is 8.78 Å². The molecule has 17 heavy (non-hydrogen) atoms. The molecule has 5 heteroatoms. The summed E-state index contributed by atoms with van der Waals surface area (Å²) < 4.78 is 32.0. The summed E-state index contributed by atoms with van der Waals surface area (Å²) >= 11 is 0. The van der Waals surface area contributed by atoms with Gasteiger partial charge in [0.25, 0.3) is 0 Å². The second-order valence-electron chi connectivity index (χ2n) is 4.27. The Bertz CT molecular complexity index is 422. The van der Waals surface area contributed by atoms with Crippen molar-refractivity contribution in [3.8, 4) is 0 Å². The number of aliphatic hydroxyl groups excluding tert-OH is 2. The first kappa shape index (κ1) is 12.4. The van der Waals surface area contributed by atoms with Gasteiger partial charge in [0.2, 0.25) is 0 Å². The van der Waals surface area contributed by atoms with Crippen LogP contribution in [0.1, 0.15) is 23.7 Å². The van der Waals surface area contributed by atoms with E-state index in [0.29, 0.717) is 5.56 Å². The van der Waals surface area contributed by atoms with E-state index in [1.165, 1.54) is 13.0 Å². The lowest BCUT2D eigenvalue weighted by Crippen LogP contribution is -2.24. The molecule has 0 saturated carbocycles. The molecule has 2 N–H and O–H groups in total. The second-order valence-corrected chi connectivity index (χ2v) is 4.27. The normalized spacial score (nSPS) is 28.6. The second kappa shape index (κ2) is 4.68. The Kier molecular flexibility index (Phi) is 3.42. The number of hydrogen-bond acceptors (Lipinski definition) is 3. The monoisotopic (exact) mass is 244 g/mol. The van der Waals surface area contributed by atoms with Gasteiger partial charge in [0.15, 0.2) is 0 Å². The van der Waals surface area contributed by atoms with Gasteiger partial charge in [0, 0.05) is 18.1 Å². The number of rotatable bonds is 2. The van der Waals surface area contributed by atoms with Crippen LogP contribution in [0.15, 0.2) is 12.1 Å². The van der Waals surface area contributed by atoms with E-state index in [0.717, 1.165) is 6.07 Å². The van der Waals surface area contributed by atoms with Crippen molar-refractivity contribution in [2.75, 3.05) is 6.61 Å². The Balaban J connectivity index is 2.27. The van der Waals surface area contributed by atoms with Crippen molar-refractivity contribution in [3.63, 3.8) is 0 Å². The van der Waals surface area contributed by atoms with Crippen molar-refractivity contribution in [2.45, 2.75) is 31.7 Å². The third-order valence-electron chi connectivity index (χ3n) is 3.03. The predicted molar refractivity (Wildman–Crippen MR) is 56.4 cm³/mol. The van der Waals surface area contributed by atoms with Crippen LogP contribution in [-0.2, 0) is 4.74 Å². The van der Waals surface area contributed by atoms with Crippen LogP contribution >= 0.6 is 0 Å². The lowest BCUT2D eigenvalue weighted by molar-refractivity contribution is -0.0233. The summed E-state index contributed by atoms with van der Waals surface area (Å²) in [6.45, 7) is 1.21. The topological polar surface area (TPSA) is 49.7 Å². The number of hydrogen-bond donors (Lipinski definition) is 2. The zero-order chi connectivity index (χ0) is 12.6. The van der Waals surface area contributed by atoms with E-state index in [1.807, 2.05) is 0 Å². The number of halogens is 2. The van der Waals surface area contributed by atoms with Crippen LogP contribution in [0.5, 0.6) is 0 Å². The van der Waals surface area contributed by atoms with Crippen LogP contribution in [0.2, 0.25) is 0 Å². The van der Waals surface area contributed by atoms with Crippen molar-refractivity contribution in [2.24, 2.45) is 0 Å². The first-order chi connectivity index (χ1) is 8.02. The molecule has 0 amide bonds. The molecule has 0 aromatic heterocycles. The fourth-order valence-corrected chi connectivity index (χ4v) is 2.02. The zero-order valence-electron chi connectivity index (χ0n) is 9.36. The third kappa shape index (κ3) is 2.31. The summed E-state index contributed by atoms with van der Waals surface area (Å²) in [6, 6.07) is 2.19. The number of ether oxygens (including phenoxy) is 1. The van der Waals surface area contributed by atoms with Crippen LogP contribution in [0.3, 0.4) is 0 Å². The molecule has 1 aromatic rings. The Morgan fingerprint density at radius 2 is 2.06 bits per heavy atom. The van der Waals surface area contributed by atoms with Crippen LogP contribution in [0, 0.1) is 18.6 Å². The molecule has 0 bridgehead atoms. The fraction of sp³-hybridized carbons (Fsp3) is 0.500. The van der Waals surface area contributed by atoms with Gasteiger partial charge >= 0.3 is 0 Å². The van der Waals surface area contributed by atoms with Gasteiger partial charge in [-0.1, -0.05) is 0 Å². The first-order valence-corrected chi connectivity index (χ1v) is 5.43. The molecule has 94 valence electrons. The highest BCUT2D eigenvalue weighted by molar-refractivity contribution is 5.28. The molecule has 3 atom stereocenters. The maximum Gasteiger partial charge on any atom is 0.131 e. The molecule has 0 aliphatic carbocycles. The molecule has 1 aliphatic rings. The van der Waals surface area contributed by atoms with Gasteiger partial charge in [-0.05, 0) is 18.6 Å². The van der Waals surface area contributed by atoms with Crippen LogP contribution in [0.25, 0.3) is 0 Å². The Morgan fingerprint density at radius 1 is 1.35 bits per heavy atom. The minimum absolute atomic E-state index is 0.202. The molecule has 0 spiro atoms. The van der Waals surface area contributed by atoms with Crippen LogP contribution < -0.4 is 0 Å². The number of aryl methyl sites for hydroxylation is 1. The van der Waals surface area contributed by atoms with Crippen molar-refractivity contribution in [1.29, 1.82) is 0 Å². The number of benzene rings is 1. The van der Waals surface area contributed by atoms with E-state index >= 15 is 0 Å². The summed E-state index contributed by atoms with van der Waals surface area (Å²) in [5.41, 5.74) is 0.547. The lowest BCUT2D eigenvalue weighted by atomic mass is 10.0. The van der Waals surface area contributed by atoms with E-state index in [4.69, 9.17) is 9.84 Å². The number of aliphatic hydroxyl groups is 2. The summed E-state index contributed by atoms with van der Waals surface area (Å²) in [6.07, 6.45) is -1.96. The third-order valence-corrected chi connectivity index (χ3v) is 3.03. The maximum absolute atomic E-state index is 13.6. The summed E-state index contributed by atoms with van der Waals surface area (Å²) in [4.78, 5) is 0. The molecule has 1 saturated heterocycles. The highest BCUT2D eigenvalue weighted by atomic mass is 19.1. The Morgan fingerprint density at radius 3 is 2.65 bits per heavy atom. The molecular weight excluding hydrogens is 230 g/mol. The predicted octanol–water partition coefficient (Wildman–Crippen LogP) is 1.46. The van der Waals surface area contributed by atoms with Gasteiger partial charge in [-0.2, -0.15) is 0 Å². The van der Waals surface area contributed by atoms with E-state index in [2.05, 4.69) is 0 Å². The highest BCUT2D eigenvalue weighted by Crippen LogP contribution is 2.35. The molecule has 0 radical (unpaired) electrons. The molecule has 3 nitrogen and oxygen atoms in total. The van der Waals surface area contributed by atoms with E-state index in [-0.39, 0.29) is 18.6 Å². The summed E-state index contributed by atoms with van der Waals surface area (Å²) in [7, 11) is 0. The van der Waals surface area contributed by atoms with Crippen LogP contribution in [0.4, 0.5) is 8.78 Å². The molecular formula is C12H14F2O3. The molecule has 1 heterocycles. The summed E-state index contributed by atoms with van der Waals surface area (Å²) in [5, 5.41) is 18.5. The molecule has 2 rings (SSSR count). The largest absolute Gasteiger partial charge is 0.394 e. The molecule has 1 fully saturated rings. The van der Waals surface area contributed by atoms with E-state index in [9.17, 15) is 13.9 Å². The Hall–Kier alpha value is -1.04. The smallest absolute Gasteiger partial charge is 0.131 e. The SMILES string of the molecule is Cc1cc(C2CC(O)[C@@H](CO)O2)c(F)cc1F. The standard InChI is InChI=1S/C12H14F2O3/c1-6-2-7(9(14)3-8(6)13)11-4-10(16)12(5-15)17-11/h2-3,10-12,15-16H,4-5H2,1H3/t10?,11?,12-/m1/s1. The average Bonchev–Trinajstić information content (AvgIpc) is 2.65. The minimum atomic E-state index is -0.824. The molecule has 1 aliphatic heterocycles. The van der Waals surface area contributed by atoms with E-state index in [1.54, 1.807) is 0 Å². The van der Waals surface area contributed by atoms with Crippen molar-refractivity contribution < 1.29 is 23.7 Å². The molecule has 1 aromatic carbocycles. The van der Waals surface area contributed by atoms with Crippen molar-refractivity contribution in [1.82, 2.24) is 0 Å². The molecule has 2 unspecified atom stereocenters. The first-order valence-electron chi connectivity index (χ1n) is 5.43. The van der Waals surface area contributed by atoms with Crippen molar-refractivity contribution >= 4 is 0 Å². The van der Waals surface area contributed by atoms with Gasteiger partial charge in [-0.15, -0.1) is 0 Å². The van der Waals surface area contributed by atoms with Gasteiger partial charge in [-0.3, -0.25) is 0 Å². The fourth-order valence-electron chi connectivity index (χ4n) is 2.02. The Labute approximate surface area is 97.6 Å². The van der Waals surface area contributed by atoms with Gasteiger partial charge in [0.05, 0.1) is 18.8 Å². The zero-order valence-corrected chi connectivity index (χ0v) is 9.36. The highest BCUT2D eigenvalue weighted by Gasteiger charge is 2.35. The summed E-state index contributed by atoms with van der Waals surface area (Å²) in [5.74, 6) is -1.30.